The Morgan fingerprint density at radius 3 is 2.90 bits per heavy atom. The van der Waals surface area contributed by atoms with Crippen LogP contribution in [-0.4, -0.2) is 29.1 Å². The summed E-state index contributed by atoms with van der Waals surface area (Å²) in [6, 6.07) is 2.48. The first kappa shape index (κ1) is 15.9. The summed E-state index contributed by atoms with van der Waals surface area (Å²) in [5, 5.41) is 14.6. The SMILES string of the molecule is CCSC1CCC(Nc2cc(OC)c([N+](=O)[O-])cc2F)C1. The van der Waals surface area contributed by atoms with Crippen LogP contribution in [0.4, 0.5) is 15.8 Å². The monoisotopic (exact) mass is 314 g/mol. The average molecular weight is 314 g/mol. The molecule has 1 fully saturated rings. The van der Waals surface area contributed by atoms with Crippen LogP contribution in [0.3, 0.4) is 0 Å². The average Bonchev–Trinajstić information content (AvgIpc) is 2.88. The van der Waals surface area contributed by atoms with Gasteiger partial charge in [0.1, 0.15) is 0 Å². The number of benzene rings is 1. The second-order valence-corrected chi connectivity index (χ2v) is 6.57. The molecule has 1 aliphatic carbocycles. The number of ether oxygens (including phenoxy) is 1. The lowest BCUT2D eigenvalue weighted by Crippen LogP contribution is -2.17. The maximum absolute atomic E-state index is 14.0. The summed E-state index contributed by atoms with van der Waals surface area (Å²) < 4.78 is 19.0. The highest BCUT2D eigenvalue weighted by Crippen LogP contribution is 2.35. The lowest BCUT2D eigenvalue weighted by Gasteiger charge is -2.16. The van der Waals surface area contributed by atoms with Gasteiger partial charge in [0.15, 0.2) is 11.6 Å². The molecule has 2 atom stereocenters. The summed E-state index contributed by atoms with van der Waals surface area (Å²) in [6.45, 7) is 2.13. The normalized spacial score (nSPS) is 21.3. The highest BCUT2D eigenvalue weighted by atomic mass is 32.2. The molecule has 2 rings (SSSR count). The number of thioether (sulfide) groups is 1. The summed E-state index contributed by atoms with van der Waals surface area (Å²) >= 11 is 1.92. The van der Waals surface area contributed by atoms with Crippen LogP contribution in [0, 0.1) is 15.9 Å². The van der Waals surface area contributed by atoms with Gasteiger partial charge in [-0.05, 0) is 25.0 Å². The molecule has 0 heterocycles. The summed E-state index contributed by atoms with van der Waals surface area (Å²) in [6.07, 6.45) is 3.08. The Hall–Kier alpha value is -1.50. The topological polar surface area (TPSA) is 64.4 Å². The molecule has 1 aliphatic rings. The van der Waals surface area contributed by atoms with Crippen molar-refractivity contribution >= 4 is 23.1 Å². The second-order valence-electron chi connectivity index (χ2n) is 4.99. The first-order valence-electron chi connectivity index (χ1n) is 6.95. The quantitative estimate of drug-likeness (QED) is 0.638. The molecular formula is C14H19FN2O3S. The van der Waals surface area contributed by atoms with Gasteiger partial charge in [0.25, 0.3) is 0 Å². The van der Waals surface area contributed by atoms with Gasteiger partial charge < -0.3 is 10.1 Å². The lowest BCUT2D eigenvalue weighted by molar-refractivity contribution is -0.385. The van der Waals surface area contributed by atoms with E-state index in [4.69, 9.17) is 4.74 Å². The molecule has 21 heavy (non-hydrogen) atoms. The summed E-state index contributed by atoms with van der Waals surface area (Å²) in [5.41, 5.74) is -0.0871. The van der Waals surface area contributed by atoms with Gasteiger partial charge in [-0.3, -0.25) is 10.1 Å². The Labute approximate surface area is 127 Å². The first-order valence-corrected chi connectivity index (χ1v) is 8.00. The minimum Gasteiger partial charge on any atom is -0.490 e. The zero-order valence-corrected chi connectivity index (χ0v) is 12.9. The van der Waals surface area contributed by atoms with E-state index in [1.165, 1.54) is 13.2 Å². The molecule has 0 aromatic heterocycles. The maximum Gasteiger partial charge on any atom is 0.313 e. The number of nitrogens with zero attached hydrogens (tertiary/aromatic N) is 1. The van der Waals surface area contributed by atoms with Crippen LogP contribution < -0.4 is 10.1 Å². The van der Waals surface area contributed by atoms with E-state index in [0.29, 0.717) is 5.25 Å². The number of methoxy groups -OCH3 is 1. The van der Waals surface area contributed by atoms with E-state index in [9.17, 15) is 14.5 Å². The third-order valence-electron chi connectivity index (χ3n) is 3.61. The van der Waals surface area contributed by atoms with Crippen molar-refractivity contribution in [2.45, 2.75) is 37.5 Å². The van der Waals surface area contributed by atoms with Crippen molar-refractivity contribution in [1.82, 2.24) is 0 Å². The van der Waals surface area contributed by atoms with Crippen LogP contribution in [0.2, 0.25) is 0 Å². The van der Waals surface area contributed by atoms with E-state index in [-0.39, 0.29) is 23.2 Å². The number of nitro groups is 1. The zero-order chi connectivity index (χ0) is 15.4. The summed E-state index contributed by atoms with van der Waals surface area (Å²) in [7, 11) is 1.34. The van der Waals surface area contributed by atoms with Crippen LogP contribution >= 0.6 is 11.8 Å². The van der Waals surface area contributed by atoms with E-state index < -0.39 is 10.7 Å². The summed E-state index contributed by atoms with van der Waals surface area (Å²) in [5.74, 6) is 0.535. The molecule has 1 N–H and O–H groups in total. The Bertz CT molecular complexity index is 527. The molecule has 1 saturated carbocycles. The molecule has 0 bridgehead atoms. The minimum absolute atomic E-state index is 0.0707. The summed E-state index contributed by atoms with van der Waals surface area (Å²) in [4.78, 5) is 10.2. The fourth-order valence-corrected chi connectivity index (χ4v) is 3.78. The minimum atomic E-state index is -0.644. The van der Waals surface area contributed by atoms with Crippen molar-refractivity contribution in [1.29, 1.82) is 0 Å². The van der Waals surface area contributed by atoms with Gasteiger partial charge in [-0.25, -0.2) is 4.39 Å². The van der Waals surface area contributed by atoms with Crippen molar-refractivity contribution in [3.8, 4) is 5.75 Å². The molecule has 7 heteroatoms. The van der Waals surface area contributed by atoms with Crippen molar-refractivity contribution in [3.63, 3.8) is 0 Å². The predicted molar refractivity (Wildman–Crippen MR) is 82.8 cm³/mol. The van der Waals surface area contributed by atoms with Gasteiger partial charge in [0.2, 0.25) is 0 Å². The predicted octanol–water partition coefficient (Wildman–Crippen LogP) is 3.83. The van der Waals surface area contributed by atoms with E-state index in [2.05, 4.69) is 12.2 Å². The molecule has 2 unspecified atom stereocenters. The van der Waals surface area contributed by atoms with Gasteiger partial charge >= 0.3 is 5.69 Å². The molecule has 0 spiro atoms. The molecule has 116 valence electrons. The van der Waals surface area contributed by atoms with Crippen LogP contribution in [0.15, 0.2) is 12.1 Å². The maximum atomic E-state index is 14.0. The van der Waals surface area contributed by atoms with Crippen molar-refractivity contribution in [3.05, 3.63) is 28.1 Å². The van der Waals surface area contributed by atoms with Gasteiger partial charge in [-0.2, -0.15) is 11.8 Å². The smallest absolute Gasteiger partial charge is 0.313 e. The van der Waals surface area contributed by atoms with E-state index in [0.717, 1.165) is 31.1 Å². The number of rotatable bonds is 6. The molecule has 1 aromatic carbocycles. The molecule has 1 aromatic rings. The molecule has 0 aliphatic heterocycles. The number of hydrogen-bond acceptors (Lipinski definition) is 5. The van der Waals surface area contributed by atoms with Crippen molar-refractivity contribution in [2.75, 3.05) is 18.2 Å². The van der Waals surface area contributed by atoms with E-state index in [1.54, 1.807) is 0 Å². The Morgan fingerprint density at radius 2 is 2.29 bits per heavy atom. The number of nitro benzene ring substituents is 1. The van der Waals surface area contributed by atoms with Crippen LogP contribution in [0.5, 0.6) is 5.75 Å². The fraction of sp³-hybridized carbons (Fsp3) is 0.571. The standard InChI is InChI=1S/C14H19FN2O3S/c1-3-21-10-5-4-9(6-10)16-12-8-14(20-2)13(17(18)19)7-11(12)15/h7-10,16H,3-6H2,1-2H3. The van der Waals surface area contributed by atoms with Crippen molar-refractivity contribution < 1.29 is 14.1 Å². The fourth-order valence-electron chi connectivity index (χ4n) is 2.64. The van der Waals surface area contributed by atoms with E-state index >= 15 is 0 Å². The molecule has 0 radical (unpaired) electrons. The Kier molecular flexibility index (Phi) is 5.27. The van der Waals surface area contributed by atoms with Crippen molar-refractivity contribution in [2.24, 2.45) is 0 Å². The Morgan fingerprint density at radius 1 is 1.52 bits per heavy atom. The molecule has 0 amide bonds. The Balaban J connectivity index is 2.12. The number of anilines is 1. The largest absolute Gasteiger partial charge is 0.490 e. The first-order chi connectivity index (χ1) is 10.0. The molecule has 0 saturated heterocycles. The van der Waals surface area contributed by atoms with Gasteiger partial charge in [0.05, 0.1) is 23.8 Å². The third kappa shape index (κ3) is 3.78. The number of nitrogens with one attached hydrogen (secondary N) is 1. The lowest BCUT2D eigenvalue weighted by atomic mass is 10.2. The van der Waals surface area contributed by atoms with Gasteiger partial charge in [0, 0.05) is 17.4 Å². The van der Waals surface area contributed by atoms with Crippen LogP contribution in [0.25, 0.3) is 0 Å². The number of halogens is 1. The third-order valence-corrected chi connectivity index (χ3v) is 4.84. The molecular weight excluding hydrogens is 295 g/mol. The van der Waals surface area contributed by atoms with Gasteiger partial charge in [-0.15, -0.1) is 0 Å². The highest BCUT2D eigenvalue weighted by Gasteiger charge is 2.26. The van der Waals surface area contributed by atoms with E-state index in [1.807, 2.05) is 11.8 Å². The second kappa shape index (κ2) is 6.98. The van der Waals surface area contributed by atoms with Gasteiger partial charge in [-0.1, -0.05) is 6.92 Å². The highest BCUT2D eigenvalue weighted by molar-refractivity contribution is 7.99. The van der Waals surface area contributed by atoms with Crippen LogP contribution in [0.1, 0.15) is 26.2 Å². The zero-order valence-electron chi connectivity index (χ0n) is 12.1. The molecule has 5 nitrogen and oxygen atoms in total. The van der Waals surface area contributed by atoms with Crippen LogP contribution in [-0.2, 0) is 0 Å². The number of hydrogen-bond donors (Lipinski definition) is 1.